The molecule has 2 aromatic carbocycles. The normalized spacial score (nSPS) is 20.6. The summed E-state index contributed by atoms with van der Waals surface area (Å²) >= 11 is 5.88. The number of aliphatic hydroxyl groups excluding tert-OH is 1. The molecule has 1 heterocycles. The zero-order valence-electron chi connectivity index (χ0n) is 11.3. The third-order valence-corrected chi connectivity index (χ3v) is 3.76. The van der Waals surface area contributed by atoms with Gasteiger partial charge in [-0.15, -0.1) is 0 Å². The topological polar surface area (TPSA) is 38.7 Å². The number of aliphatic hydroxyl groups is 1. The number of hydrogen-bond acceptors (Lipinski definition) is 3. The third kappa shape index (κ3) is 2.82. The van der Waals surface area contributed by atoms with Crippen molar-refractivity contribution in [1.82, 2.24) is 0 Å². The fraction of sp³-hybridized carbons (Fsp3) is 0.250. The van der Waals surface area contributed by atoms with Crippen LogP contribution in [0.25, 0.3) is 0 Å². The average Bonchev–Trinajstić information content (AvgIpc) is 2.45. The van der Waals surface area contributed by atoms with E-state index in [4.69, 9.17) is 21.1 Å². The molecule has 1 aliphatic rings. The van der Waals surface area contributed by atoms with Crippen molar-refractivity contribution in [2.24, 2.45) is 0 Å². The number of fused-ring (bicyclic) bond motifs is 1. The van der Waals surface area contributed by atoms with Gasteiger partial charge in [0.05, 0.1) is 13.2 Å². The van der Waals surface area contributed by atoms with Crippen LogP contribution in [0.1, 0.15) is 29.8 Å². The first-order chi connectivity index (χ1) is 10.1. The SMILES string of the molecule is COc1ccc2c(c1)OC(c1cc(F)cc(Cl)c1)C[C@@H]2O. The molecule has 2 atom stereocenters. The van der Waals surface area contributed by atoms with Gasteiger partial charge in [0.15, 0.2) is 0 Å². The molecule has 0 saturated heterocycles. The fourth-order valence-electron chi connectivity index (χ4n) is 2.52. The lowest BCUT2D eigenvalue weighted by atomic mass is 9.95. The summed E-state index contributed by atoms with van der Waals surface area (Å²) in [7, 11) is 1.56. The monoisotopic (exact) mass is 308 g/mol. The summed E-state index contributed by atoms with van der Waals surface area (Å²) in [4.78, 5) is 0. The molecule has 3 rings (SSSR count). The van der Waals surface area contributed by atoms with Crippen LogP contribution in [-0.4, -0.2) is 12.2 Å². The van der Waals surface area contributed by atoms with Crippen molar-refractivity contribution < 1.29 is 19.0 Å². The van der Waals surface area contributed by atoms with Crippen LogP contribution in [0.4, 0.5) is 4.39 Å². The molecule has 21 heavy (non-hydrogen) atoms. The highest BCUT2D eigenvalue weighted by atomic mass is 35.5. The van der Waals surface area contributed by atoms with Crippen molar-refractivity contribution in [3.05, 3.63) is 58.4 Å². The van der Waals surface area contributed by atoms with E-state index >= 15 is 0 Å². The van der Waals surface area contributed by atoms with E-state index in [0.717, 1.165) is 0 Å². The Bertz CT molecular complexity index is 654. The van der Waals surface area contributed by atoms with E-state index in [9.17, 15) is 9.50 Å². The van der Waals surface area contributed by atoms with Crippen LogP contribution in [0.5, 0.6) is 11.5 Å². The molecule has 0 aromatic heterocycles. The molecule has 0 radical (unpaired) electrons. The van der Waals surface area contributed by atoms with Crippen molar-refractivity contribution in [2.45, 2.75) is 18.6 Å². The Kier molecular flexibility index (Phi) is 3.74. The maximum Gasteiger partial charge on any atom is 0.129 e. The fourth-order valence-corrected chi connectivity index (χ4v) is 2.75. The number of halogens is 2. The van der Waals surface area contributed by atoms with Gasteiger partial charge in [-0.05, 0) is 35.9 Å². The van der Waals surface area contributed by atoms with Gasteiger partial charge in [-0.1, -0.05) is 11.6 Å². The maximum absolute atomic E-state index is 13.5. The Morgan fingerprint density at radius 2 is 2.10 bits per heavy atom. The van der Waals surface area contributed by atoms with Gasteiger partial charge in [-0.2, -0.15) is 0 Å². The van der Waals surface area contributed by atoms with E-state index in [1.54, 1.807) is 31.4 Å². The van der Waals surface area contributed by atoms with Gasteiger partial charge in [0.1, 0.15) is 23.4 Å². The van der Waals surface area contributed by atoms with Crippen molar-refractivity contribution >= 4 is 11.6 Å². The predicted molar refractivity (Wildman–Crippen MR) is 77.3 cm³/mol. The van der Waals surface area contributed by atoms with E-state index in [0.29, 0.717) is 34.1 Å². The molecule has 0 spiro atoms. The Morgan fingerprint density at radius 3 is 2.81 bits per heavy atom. The minimum atomic E-state index is -0.674. The van der Waals surface area contributed by atoms with Crippen molar-refractivity contribution in [2.75, 3.05) is 7.11 Å². The van der Waals surface area contributed by atoms with Crippen molar-refractivity contribution in [3.8, 4) is 11.5 Å². The van der Waals surface area contributed by atoms with Crippen LogP contribution in [0.3, 0.4) is 0 Å². The summed E-state index contributed by atoms with van der Waals surface area (Å²) in [5.41, 5.74) is 1.31. The second-order valence-corrected chi connectivity index (χ2v) is 5.40. The first-order valence-corrected chi connectivity index (χ1v) is 6.93. The summed E-state index contributed by atoms with van der Waals surface area (Å²) in [6.07, 6.45) is -0.779. The second kappa shape index (κ2) is 5.54. The minimum absolute atomic E-state index is 0.305. The van der Waals surface area contributed by atoms with E-state index in [-0.39, 0.29) is 0 Å². The molecule has 1 aliphatic heterocycles. The quantitative estimate of drug-likeness (QED) is 0.910. The van der Waals surface area contributed by atoms with Crippen LogP contribution in [0.2, 0.25) is 5.02 Å². The van der Waals surface area contributed by atoms with Crippen molar-refractivity contribution in [3.63, 3.8) is 0 Å². The molecule has 1 unspecified atom stereocenters. The van der Waals surface area contributed by atoms with Gasteiger partial charge in [-0.25, -0.2) is 4.39 Å². The highest BCUT2D eigenvalue weighted by Crippen LogP contribution is 2.42. The molecule has 0 fully saturated rings. The first-order valence-electron chi connectivity index (χ1n) is 6.55. The standard InChI is InChI=1S/C16H14ClFO3/c1-20-12-2-3-13-14(19)8-15(21-16(13)7-12)9-4-10(17)6-11(18)5-9/h2-7,14-15,19H,8H2,1H3/t14-,15?/m0/s1. The Hall–Kier alpha value is -1.78. The van der Waals surface area contributed by atoms with Crippen LogP contribution in [0, 0.1) is 5.82 Å². The molecule has 0 saturated carbocycles. The summed E-state index contributed by atoms with van der Waals surface area (Å²) in [6, 6.07) is 9.51. The molecule has 3 nitrogen and oxygen atoms in total. The average molecular weight is 309 g/mol. The van der Waals surface area contributed by atoms with Crippen LogP contribution >= 0.6 is 11.6 Å². The molecule has 2 aromatic rings. The molecule has 110 valence electrons. The lowest BCUT2D eigenvalue weighted by Crippen LogP contribution is -2.19. The minimum Gasteiger partial charge on any atom is -0.497 e. The molecule has 1 N–H and O–H groups in total. The van der Waals surface area contributed by atoms with E-state index in [2.05, 4.69) is 0 Å². The Labute approximate surface area is 126 Å². The molecule has 0 aliphatic carbocycles. The summed E-state index contributed by atoms with van der Waals surface area (Å²) < 4.78 is 24.5. The van der Waals surface area contributed by atoms with Gasteiger partial charge in [0.25, 0.3) is 0 Å². The Balaban J connectivity index is 1.96. The van der Waals surface area contributed by atoms with Gasteiger partial charge < -0.3 is 14.6 Å². The Morgan fingerprint density at radius 1 is 1.29 bits per heavy atom. The molecule has 0 bridgehead atoms. The molecule has 5 heteroatoms. The first kappa shape index (κ1) is 14.2. The summed E-state index contributed by atoms with van der Waals surface area (Å²) in [5.74, 6) is 0.754. The predicted octanol–water partition coefficient (Wildman–Crippen LogP) is 4.04. The smallest absolute Gasteiger partial charge is 0.129 e. The molecule has 0 amide bonds. The van der Waals surface area contributed by atoms with Crippen LogP contribution in [-0.2, 0) is 0 Å². The number of methoxy groups -OCH3 is 1. The second-order valence-electron chi connectivity index (χ2n) is 4.96. The van der Waals surface area contributed by atoms with Crippen LogP contribution < -0.4 is 9.47 Å². The largest absolute Gasteiger partial charge is 0.497 e. The number of hydrogen-bond donors (Lipinski definition) is 1. The lowest BCUT2D eigenvalue weighted by molar-refractivity contribution is 0.0653. The number of rotatable bonds is 2. The summed E-state index contributed by atoms with van der Waals surface area (Å²) in [5, 5.41) is 10.6. The van der Waals surface area contributed by atoms with Gasteiger partial charge in [0.2, 0.25) is 0 Å². The lowest BCUT2D eigenvalue weighted by Gasteiger charge is -2.30. The van der Waals surface area contributed by atoms with Gasteiger partial charge >= 0.3 is 0 Å². The van der Waals surface area contributed by atoms with E-state index < -0.39 is 18.0 Å². The summed E-state index contributed by atoms with van der Waals surface area (Å²) in [6.45, 7) is 0. The van der Waals surface area contributed by atoms with E-state index in [1.807, 2.05) is 0 Å². The third-order valence-electron chi connectivity index (χ3n) is 3.54. The van der Waals surface area contributed by atoms with E-state index in [1.165, 1.54) is 12.1 Å². The molecular formula is C16H14ClFO3. The van der Waals surface area contributed by atoms with Crippen LogP contribution in [0.15, 0.2) is 36.4 Å². The highest BCUT2D eigenvalue weighted by Gasteiger charge is 2.28. The van der Waals surface area contributed by atoms with Crippen molar-refractivity contribution in [1.29, 1.82) is 0 Å². The zero-order valence-corrected chi connectivity index (χ0v) is 12.1. The molecular weight excluding hydrogens is 295 g/mol. The van der Waals surface area contributed by atoms with Gasteiger partial charge in [0, 0.05) is 23.1 Å². The number of ether oxygens (including phenoxy) is 2. The maximum atomic E-state index is 13.5. The van der Waals surface area contributed by atoms with Gasteiger partial charge in [-0.3, -0.25) is 0 Å². The highest BCUT2D eigenvalue weighted by molar-refractivity contribution is 6.30. The number of benzene rings is 2. The zero-order chi connectivity index (χ0) is 15.0.